The Balaban J connectivity index is 2.93. The lowest BCUT2D eigenvalue weighted by Crippen LogP contribution is -2.38. The quantitative estimate of drug-likeness (QED) is 0.829. The normalized spacial score (nSPS) is 12.8. The summed E-state index contributed by atoms with van der Waals surface area (Å²) < 4.78 is 0. The van der Waals surface area contributed by atoms with E-state index in [9.17, 15) is 4.79 Å². The minimum atomic E-state index is -0.0771. The van der Waals surface area contributed by atoms with Crippen LogP contribution in [0.2, 0.25) is 5.15 Å². The van der Waals surface area contributed by atoms with Gasteiger partial charge in [0.2, 0.25) is 0 Å². The minimum absolute atomic E-state index is 0.0771. The van der Waals surface area contributed by atoms with Crippen molar-refractivity contribution in [3.05, 3.63) is 28.5 Å². The Morgan fingerprint density at radius 1 is 1.32 bits per heavy atom. The second kappa shape index (κ2) is 6.90. The van der Waals surface area contributed by atoms with Gasteiger partial charge in [-0.1, -0.05) is 46.2 Å². The van der Waals surface area contributed by atoms with Gasteiger partial charge < -0.3 is 5.32 Å². The molecule has 1 atom stereocenters. The number of carbonyl (C=O) groups is 1. The summed E-state index contributed by atoms with van der Waals surface area (Å²) in [5.74, 6) is 0.583. The molecule has 4 heteroatoms. The standard InChI is InChI=1S/C15H23ClN2O/c1-6-12(9(2)3)18-15(19)11-7-13(10(4)5)17-14(16)8-11/h7-10,12H,6H2,1-5H3,(H,18,19). The zero-order valence-corrected chi connectivity index (χ0v) is 13.1. The lowest BCUT2D eigenvalue weighted by molar-refractivity contribution is 0.0924. The maximum atomic E-state index is 12.2. The largest absolute Gasteiger partial charge is 0.349 e. The van der Waals surface area contributed by atoms with E-state index in [0.717, 1.165) is 12.1 Å². The van der Waals surface area contributed by atoms with Crippen LogP contribution in [0.1, 0.15) is 63.0 Å². The number of nitrogens with one attached hydrogen (secondary N) is 1. The van der Waals surface area contributed by atoms with Gasteiger partial charge in [-0.25, -0.2) is 4.98 Å². The number of pyridine rings is 1. The van der Waals surface area contributed by atoms with Crippen LogP contribution >= 0.6 is 11.6 Å². The van der Waals surface area contributed by atoms with Crippen LogP contribution in [0.4, 0.5) is 0 Å². The van der Waals surface area contributed by atoms with Crippen molar-refractivity contribution >= 4 is 17.5 Å². The first-order chi connectivity index (χ1) is 8.85. The number of carbonyl (C=O) groups excluding carboxylic acids is 1. The molecule has 0 saturated heterocycles. The second-order valence-electron chi connectivity index (χ2n) is 5.49. The van der Waals surface area contributed by atoms with Crippen molar-refractivity contribution in [1.29, 1.82) is 0 Å². The SMILES string of the molecule is CCC(NC(=O)c1cc(Cl)nc(C(C)C)c1)C(C)C. The molecule has 0 bridgehead atoms. The van der Waals surface area contributed by atoms with Crippen LogP contribution < -0.4 is 5.32 Å². The Hall–Kier alpha value is -1.09. The minimum Gasteiger partial charge on any atom is -0.349 e. The summed E-state index contributed by atoms with van der Waals surface area (Å²) in [6, 6.07) is 3.62. The monoisotopic (exact) mass is 282 g/mol. The molecule has 1 aromatic heterocycles. The van der Waals surface area contributed by atoms with Gasteiger partial charge in [0.05, 0.1) is 0 Å². The van der Waals surface area contributed by atoms with Crippen LogP contribution in [0.15, 0.2) is 12.1 Å². The van der Waals surface area contributed by atoms with E-state index in [4.69, 9.17) is 11.6 Å². The van der Waals surface area contributed by atoms with Gasteiger partial charge in [-0.15, -0.1) is 0 Å². The molecule has 0 radical (unpaired) electrons. The van der Waals surface area contributed by atoms with Gasteiger partial charge in [-0.2, -0.15) is 0 Å². The van der Waals surface area contributed by atoms with Gasteiger partial charge in [-0.3, -0.25) is 4.79 Å². The number of hydrogen-bond acceptors (Lipinski definition) is 2. The third kappa shape index (κ3) is 4.50. The highest BCUT2D eigenvalue weighted by Crippen LogP contribution is 2.18. The number of aromatic nitrogens is 1. The average molecular weight is 283 g/mol. The van der Waals surface area contributed by atoms with Gasteiger partial charge in [0, 0.05) is 17.3 Å². The van der Waals surface area contributed by atoms with Crippen LogP contribution in [0.3, 0.4) is 0 Å². The summed E-state index contributed by atoms with van der Waals surface area (Å²) in [7, 11) is 0. The molecule has 1 aromatic rings. The van der Waals surface area contributed by atoms with Crippen LogP contribution in [0.5, 0.6) is 0 Å². The van der Waals surface area contributed by atoms with E-state index in [-0.39, 0.29) is 17.9 Å². The van der Waals surface area contributed by atoms with E-state index in [2.05, 4.69) is 31.1 Å². The van der Waals surface area contributed by atoms with Gasteiger partial charge >= 0.3 is 0 Å². The van der Waals surface area contributed by atoms with Crippen molar-refractivity contribution in [2.75, 3.05) is 0 Å². The van der Waals surface area contributed by atoms with Gasteiger partial charge in [0.1, 0.15) is 5.15 Å². The van der Waals surface area contributed by atoms with Crippen molar-refractivity contribution in [1.82, 2.24) is 10.3 Å². The zero-order valence-electron chi connectivity index (χ0n) is 12.3. The fraction of sp³-hybridized carbons (Fsp3) is 0.600. The molecule has 0 aliphatic carbocycles. The highest BCUT2D eigenvalue weighted by atomic mass is 35.5. The maximum Gasteiger partial charge on any atom is 0.251 e. The first-order valence-corrected chi connectivity index (χ1v) is 7.21. The number of hydrogen-bond donors (Lipinski definition) is 1. The Morgan fingerprint density at radius 3 is 2.42 bits per heavy atom. The average Bonchev–Trinajstić information content (AvgIpc) is 2.34. The molecule has 3 nitrogen and oxygen atoms in total. The molecule has 0 aromatic carbocycles. The summed E-state index contributed by atoms with van der Waals surface area (Å²) in [5.41, 5.74) is 1.43. The number of nitrogens with zero attached hydrogens (tertiary/aromatic N) is 1. The van der Waals surface area contributed by atoms with Gasteiger partial charge in [0.15, 0.2) is 0 Å². The molecular formula is C15H23ClN2O. The van der Waals surface area contributed by atoms with E-state index >= 15 is 0 Å². The van der Waals surface area contributed by atoms with E-state index in [1.165, 1.54) is 0 Å². The Labute approximate surface area is 120 Å². The lowest BCUT2D eigenvalue weighted by Gasteiger charge is -2.21. The first-order valence-electron chi connectivity index (χ1n) is 6.83. The third-order valence-electron chi connectivity index (χ3n) is 3.23. The smallest absolute Gasteiger partial charge is 0.251 e. The number of rotatable bonds is 5. The van der Waals surface area contributed by atoms with Crippen LogP contribution in [0, 0.1) is 5.92 Å². The highest BCUT2D eigenvalue weighted by molar-refractivity contribution is 6.29. The van der Waals surface area contributed by atoms with E-state index in [0.29, 0.717) is 16.6 Å². The molecule has 1 rings (SSSR count). The number of amides is 1. The summed E-state index contributed by atoms with van der Waals surface area (Å²) in [6.07, 6.45) is 0.916. The van der Waals surface area contributed by atoms with Crippen molar-refractivity contribution in [2.24, 2.45) is 5.92 Å². The Kier molecular flexibility index (Phi) is 5.80. The van der Waals surface area contributed by atoms with Crippen LogP contribution in [-0.4, -0.2) is 16.9 Å². The molecule has 0 saturated carbocycles. The van der Waals surface area contributed by atoms with E-state index < -0.39 is 0 Å². The van der Waals surface area contributed by atoms with E-state index in [1.54, 1.807) is 6.07 Å². The van der Waals surface area contributed by atoms with Crippen LogP contribution in [-0.2, 0) is 0 Å². The second-order valence-corrected chi connectivity index (χ2v) is 5.88. The highest BCUT2D eigenvalue weighted by Gasteiger charge is 2.17. The van der Waals surface area contributed by atoms with E-state index in [1.807, 2.05) is 19.9 Å². The predicted octanol–water partition coefficient (Wildman–Crippen LogP) is 4.02. The molecule has 1 unspecified atom stereocenters. The van der Waals surface area contributed by atoms with Crippen molar-refractivity contribution < 1.29 is 4.79 Å². The summed E-state index contributed by atoms with van der Waals surface area (Å²) in [4.78, 5) is 16.5. The van der Waals surface area contributed by atoms with Gasteiger partial charge in [0.25, 0.3) is 5.91 Å². The Bertz CT molecular complexity index is 444. The van der Waals surface area contributed by atoms with Crippen LogP contribution in [0.25, 0.3) is 0 Å². The molecule has 1 heterocycles. The third-order valence-corrected chi connectivity index (χ3v) is 3.42. The molecule has 106 valence electrons. The van der Waals surface area contributed by atoms with Gasteiger partial charge in [-0.05, 0) is 30.4 Å². The zero-order chi connectivity index (χ0) is 14.6. The number of halogens is 1. The summed E-state index contributed by atoms with van der Waals surface area (Å²) >= 11 is 5.98. The topological polar surface area (TPSA) is 42.0 Å². The molecule has 0 fully saturated rings. The van der Waals surface area contributed by atoms with Crippen molar-refractivity contribution in [2.45, 2.75) is 53.0 Å². The summed E-state index contributed by atoms with van der Waals surface area (Å²) in [5, 5.41) is 3.42. The van der Waals surface area contributed by atoms with Crippen molar-refractivity contribution in [3.63, 3.8) is 0 Å². The molecule has 0 aliphatic rings. The molecular weight excluding hydrogens is 260 g/mol. The molecule has 19 heavy (non-hydrogen) atoms. The Morgan fingerprint density at radius 2 is 1.95 bits per heavy atom. The maximum absolute atomic E-state index is 12.2. The van der Waals surface area contributed by atoms with Crippen molar-refractivity contribution in [3.8, 4) is 0 Å². The summed E-state index contributed by atoms with van der Waals surface area (Å²) in [6.45, 7) is 10.3. The fourth-order valence-electron chi connectivity index (χ4n) is 1.94. The molecule has 1 amide bonds. The first kappa shape index (κ1) is 16.0. The lowest BCUT2D eigenvalue weighted by atomic mass is 10.0. The fourth-order valence-corrected chi connectivity index (χ4v) is 2.15. The molecule has 0 spiro atoms. The molecule has 1 N–H and O–H groups in total. The predicted molar refractivity (Wildman–Crippen MR) is 79.7 cm³/mol. The molecule has 0 aliphatic heterocycles.